The summed E-state index contributed by atoms with van der Waals surface area (Å²) in [7, 11) is 0. The maximum absolute atomic E-state index is 11.2. The largest absolute Gasteiger partial charge is 0.477 e. The van der Waals surface area contributed by atoms with E-state index in [1.165, 1.54) is 5.57 Å². The van der Waals surface area contributed by atoms with Crippen molar-refractivity contribution in [2.45, 2.75) is 38.0 Å². The number of piperidine rings is 1. The van der Waals surface area contributed by atoms with Crippen LogP contribution in [0, 0.1) is 5.41 Å². The monoisotopic (exact) mass is 545 g/mol. The minimum absolute atomic E-state index is 0.0652. The Balaban J connectivity index is 1.13. The molecule has 0 unspecified atom stereocenters. The molecular weight excluding hydrogens is 521 g/mol. The van der Waals surface area contributed by atoms with Gasteiger partial charge in [0.25, 0.3) is 0 Å². The predicted octanol–water partition coefficient (Wildman–Crippen LogP) is 7.85. The molecule has 1 N–H and O–H groups in total. The highest BCUT2D eigenvalue weighted by atomic mass is 35.5. The number of allylic oxidation sites excluding steroid dienone is 2. The maximum atomic E-state index is 11.2. The highest BCUT2D eigenvalue weighted by Gasteiger charge is 2.44. The van der Waals surface area contributed by atoms with Crippen LogP contribution in [0.1, 0.15) is 59.8 Å². The summed E-state index contributed by atoms with van der Waals surface area (Å²) in [6.45, 7) is 1.91. The topological polar surface area (TPSA) is 79.5 Å². The summed E-state index contributed by atoms with van der Waals surface area (Å²) in [5, 5.41) is 15.8. The lowest BCUT2D eigenvalue weighted by Gasteiger charge is -2.47. The van der Waals surface area contributed by atoms with Crippen LogP contribution in [0.2, 0.25) is 10.0 Å². The molecule has 192 valence electrons. The first-order valence-corrected chi connectivity index (χ1v) is 13.7. The Morgan fingerprint density at radius 2 is 1.76 bits per heavy atom. The van der Waals surface area contributed by atoms with Gasteiger partial charge in [0.2, 0.25) is 0 Å². The van der Waals surface area contributed by atoms with Crippen molar-refractivity contribution in [1.82, 2.24) is 10.1 Å². The number of rotatable bonds is 5. The van der Waals surface area contributed by atoms with Gasteiger partial charge < -0.3 is 14.5 Å². The van der Waals surface area contributed by atoms with E-state index in [1.54, 1.807) is 6.07 Å². The van der Waals surface area contributed by atoms with Crippen LogP contribution in [0.5, 0.6) is 0 Å². The lowest BCUT2D eigenvalue weighted by molar-refractivity contribution is 0.0691. The average Bonchev–Trinajstić information content (AvgIpc) is 3.66. The van der Waals surface area contributed by atoms with Gasteiger partial charge in [-0.15, -0.1) is 0 Å². The Labute approximate surface area is 229 Å². The second-order valence-corrected chi connectivity index (χ2v) is 11.5. The summed E-state index contributed by atoms with van der Waals surface area (Å²) < 4.78 is 5.89. The van der Waals surface area contributed by atoms with Gasteiger partial charge in [-0.25, -0.2) is 9.78 Å². The number of benzene rings is 2. The molecule has 2 aromatic heterocycles. The first-order chi connectivity index (χ1) is 18.4. The number of anilines is 1. The lowest BCUT2D eigenvalue weighted by Crippen LogP contribution is -2.42. The number of hydrogen-bond donors (Lipinski definition) is 1. The smallest absolute Gasteiger partial charge is 0.354 e. The van der Waals surface area contributed by atoms with Crippen molar-refractivity contribution in [3.8, 4) is 11.3 Å². The highest BCUT2D eigenvalue weighted by Crippen LogP contribution is 2.56. The average molecular weight is 546 g/mol. The SMILES string of the molecule is O=C(O)c1ccc2cc(N3CCC4(C=C(c5c(-c6c(Cl)cccc6Cl)noc5C5CC5)C4)CC3)ccc2n1. The fourth-order valence-electron chi connectivity index (χ4n) is 5.97. The van der Waals surface area contributed by atoms with Gasteiger partial charge in [0.1, 0.15) is 17.1 Å². The lowest BCUT2D eigenvalue weighted by atomic mass is 9.63. The van der Waals surface area contributed by atoms with E-state index in [1.807, 2.05) is 36.4 Å². The fraction of sp³-hybridized carbons (Fsp3) is 0.300. The number of carboxylic acid groups (broad SMARTS) is 1. The number of nitrogens with zero attached hydrogens (tertiary/aromatic N) is 3. The molecule has 2 aromatic carbocycles. The Kier molecular flexibility index (Phi) is 5.53. The summed E-state index contributed by atoms with van der Waals surface area (Å²) in [4.78, 5) is 17.9. The Bertz CT molecular complexity index is 1610. The number of aromatic carboxylic acids is 1. The Hall–Kier alpha value is -3.35. The molecule has 6 nitrogen and oxygen atoms in total. The molecule has 1 saturated carbocycles. The van der Waals surface area contributed by atoms with Gasteiger partial charge in [-0.3, -0.25) is 0 Å². The number of aromatic nitrogens is 2. The van der Waals surface area contributed by atoms with Gasteiger partial charge in [-0.1, -0.05) is 46.6 Å². The zero-order valence-corrected chi connectivity index (χ0v) is 22.1. The van der Waals surface area contributed by atoms with Crippen molar-refractivity contribution in [2.24, 2.45) is 5.41 Å². The molecule has 2 aliphatic carbocycles. The van der Waals surface area contributed by atoms with Crippen LogP contribution in [0.3, 0.4) is 0 Å². The van der Waals surface area contributed by atoms with E-state index in [0.717, 1.165) is 78.8 Å². The molecule has 4 aromatic rings. The highest BCUT2D eigenvalue weighted by molar-refractivity contribution is 6.39. The molecule has 0 atom stereocenters. The number of carbonyl (C=O) groups is 1. The molecule has 1 saturated heterocycles. The van der Waals surface area contributed by atoms with Crippen LogP contribution in [0.25, 0.3) is 27.7 Å². The normalized spacial score (nSPS) is 18.5. The minimum atomic E-state index is -1.01. The third-order valence-electron chi connectivity index (χ3n) is 8.23. The molecule has 8 heteroatoms. The number of hydrogen-bond acceptors (Lipinski definition) is 5. The van der Waals surface area contributed by atoms with Crippen molar-refractivity contribution >= 4 is 51.3 Å². The third kappa shape index (κ3) is 3.98. The second kappa shape index (κ2) is 8.85. The number of halogens is 2. The molecule has 7 rings (SSSR count). The van der Waals surface area contributed by atoms with E-state index in [9.17, 15) is 9.90 Å². The zero-order chi connectivity index (χ0) is 26.0. The van der Waals surface area contributed by atoms with Crippen molar-refractivity contribution in [1.29, 1.82) is 0 Å². The molecular formula is C30H25Cl2N3O3. The van der Waals surface area contributed by atoms with Crippen LogP contribution in [0.4, 0.5) is 5.69 Å². The van der Waals surface area contributed by atoms with Gasteiger partial charge in [0, 0.05) is 41.2 Å². The molecule has 0 amide bonds. The summed E-state index contributed by atoms with van der Waals surface area (Å²) in [6, 6.07) is 15.0. The second-order valence-electron chi connectivity index (χ2n) is 10.7. The van der Waals surface area contributed by atoms with Gasteiger partial charge in [0.15, 0.2) is 0 Å². The third-order valence-corrected chi connectivity index (χ3v) is 8.86. The first kappa shape index (κ1) is 23.7. The van der Waals surface area contributed by atoms with Crippen molar-refractivity contribution in [3.05, 3.63) is 81.7 Å². The molecule has 3 aliphatic rings. The molecule has 0 bridgehead atoms. The Morgan fingerprint density at radius 3 is 2.45 bits per heavy atom. The van der Waals surface area contributed by atoms with Crippen molar-refractivity contribution in [2.75, 3.05) is 18.0 Å². The maximum Gasteiger partial charge on any atom is 0.354 e. The number of carboxylic acids is 1. The molecule has 0 radical (unpaired) electrons. The van der Waals surface area contributed by atoms with E-state index in [0.29, 0.717) is 21.5 Å². The standard InChI is InChI=1S/C30H25Cl2N3O3/c31-21-2-1-3-22(32)26(21)27-25(28(38-34-27)17-4-5-17)19-15-30(16-19)10-12-35(13-11-30)20-7-9-23-18(14-20)6-8-24(33-23)29(36)37/h1-3,6-9,14-15,17H,4-5,10-13,16H2,(H,36,37). The van der Waals surface area contributed by atoms with Crippen LogP contribution in [-0.4, -0.2) is 34.3 Å². The van der Waals surface area contributed by atoms with E-state index in [-0.39, 0.29) is 11.1 Å². The van der Waals surface area contributed by atoms with Gasteiger partial charge in [-0.05, 0) is 79.5 Å². The minimum Gasteiger partial charge on any atom is -0.477 e. The van der Waals surface area contributed by atoms with Crippen molar-refractivity contribution < 1.29 is 14.4 Å². The zero-order valence-electron chi connectivity index (χ0n) is 20.6. The summed E-state index contributed by atoms with van der Waals surface area (Å²) in [5.74, 6) is 0.397. The quantitative estimate of drug-likeness (QED) is 0.275. The molecule has 1 spiro atoms. The van der Waals surface area contributed by atoms with Gasteiger partial charge in [0.05, 0.1) is 15.6 Å². The van der Waals surface area contributed by atoms with E-state index >= 15 is 0 Å². The van der Waals surface area contributed by atoms with E-state index in [2.05, 4.69) is 27.2 Å². The molecule has 3 heterocycles. The van der Waals surface area contributed by atoms with Crippen LogP contribution in [-0.2, 0) is 0 Å². The molecule has 38 heavy (non-hydrogen) atoms. The van der Waals surface area contributed by atoms with Crippen LogP contribution in [0.15, 0.2) is 59.1 Å². The first-order valence-electron chi connectivity index (χ1n) is 13.0. The molecule has 2 fully saturated rings. The summed E-state index contributed by atoms with van der Waals surface area (Å²) >= 11 is 13.1. The van der Waals surface area contributed by atoms with E-state index in [4.69, 9.17) is 27.7 Å². The van der Waals surface area contributed by atoms with Crippen LogP contribution >= 0.6 is 23.2 Å². The molecule has 1 aliphatic heterocycles. The van der Waals surface area contributed by atoms with Gasteiger partial charge >= 0.3 is 5.97 Å². The van der Waals surface area contributed by atoms with Crippen molar-refractivity contribution in [3.63, 3.8) is 0 Å². The summed E-state index contributed by atoms with van der Waals surface area (Å²) in [6.07, 6.45) is 7.83. The van der Waals surface area contributed by atoms with Gasteiger partial charge in [-0.2, -0.15) is 0 Å². The van der Waals surface area contributed by atoms with E-state index < -0.39 is 5.97 Å². The Morgan fingerprint density at radius 1 is 1.03 bits per heavy atom. The number of pyridine rings is 1. The summed E-state index contributed by atoms with van der Waals surface area (Å²) in [5.41, 5.74) is 5.98. The van der Waals surface area contributed by atoms with Crippen LogP contribution < -0.4 is 4.90 Å². The fourth-order valence-corrected chi connectivity index (χ4v) is 6.55. The number of fused-ring (bicyclic) bond motifs is 1. The predicted molar refractivity (Wildman–Crippen MR) is 149 cm³/mol.